The maximum Gasteiger partial charge on any atom is 0.280 e. The highest BCUT2D eigenvalue weighted by Crippen LogP contribution is 2.38. The van der Waals surface area contributed by atoms with Crippen LogP contribution in [0.2, 0.25) is 0 Å². The van der Waals surface area contributed by atoms with Crippen LogP contribution in [-0.2, 0) is 4.79 Å². The zero-order valence-corrected chi connectivity index (χ0v) is 13.5. The Morgan fingerprint density at radius 3 is 2.71 bits per heavy atom. The molecule has 1 aliphatic carbocycles. The van der Waals surface area contributed by atoms with E-state index in [-0.39, 0.29) is 24.4 Å². The van der Waals surface area contributed by atoms with Crippen molar-refractivity contribution in [3.63, 3.8) is 0 Å². The fraction of sp³-hybridized carbons (Fsp3) is 0.471. The largest absolute Gasteiger partial charge is 0.454 e. The van der Waals surface area contributed by atoms with E-state index >= 15 is 0 Å². The van der Waals surface area contributed by atoms with E-state index in [0.717, 1.165) is 19.3 Å². The molecule has 0 radical (unpaired) electrons. The van der Waals surface area contributed by atoms with Crippen molar-refractivity contribution in [2.45, 2.75) is 38.6 Å². The molecular formula is C17H20N2O5. The topological polar surface area (TPSA) is 90.7 Å². The Morgan fingerprint density at radius 1 is 1.29 bits per heavy atom. The lowest BCUT2D eigenvalue weighted by molar-refractivity contribution is -0.385. The molecule has 0 aromatic heterocycles. The molecule has 2 aliphatic rings. The zero-order chi connectivity index (χ0) is 17.1. The third kappa shape index (κ3) is 3.50. The fourth-order valence-corrected chi connectivity index (χ4v) is 3.17. The number of nitro groups is 1. The molecule has 1 saturated carbocycles. The molecule has 1 amide bonds. The van der Waals surface area contributed by atoms with Gasteiger partial charge >= 0.3 is 0 Å². The zero-order valence-electron chi connectivity index (χ0n) is 13.5. The van der Waals surface area contributed by atoms with Crippen molar-refractivity contribution in [2.75, 3.05) is 6.79 Å². The van der Waals surface area contributed by atoms with Crippen molar-refractivity contribution in [1.82, 2.24) is 5.32 Å². The minimum Gasteiger partial charge on any atom is -0.454 e. The first-order valence-corrected chi connectivity index (χ1v) is 8.11. The molecule has 1 heterocycles. The number of carbonyl (C=O) groups is 1. The number of rotatable bonds is 4. The van der Waals surface area contributed by atoms with E-state index in [1.807, 2.05) is 0 Å². The van der Waals surface area contributed by atoms with Crippen LogP contribution in [0.1, 0.15) is 38.2 Å². The van der Waals surface area contributed by atoms with Crippen molar-refractivity contribution in [2.24, 2.45) is 5.92 Å². The van der Waals surface area contributed by atoms with Crippen molar-refractivity contribution < 1.29 is 19.2 Å². The van der Waals surface area contributed by atoms with Gasteiger partial charge in [0.25, 0.3) is 5.69 Å². The Bertz CT molecular complexity index is 686. The first-order valence-electron chi connectivity index (χ1n) is 8.11. The molecule has 1 aliphatic heterocycles. The normalized spacial score (nSPS) is 22.5. The van der Waals surface area contributed by atoms with Gasteiger partial charge < -0.3 is 14.8 Å². The number of nitro benzene ring substituents is 1. The van der Waals surface area contributed by atoms with Crippen LogP contribution in [0.3, 0.4) is 0 Å². The van der Waals surface area contributed by atoms with E-state index in [1.54, 1.807) is 0 Å². The van der Waals surface area contributed by atoms with Gasteiger partial charge in [-0.2, -0.15) is 0 Å². The number of ether oxygens (including phenoxy) is 2. The average molecular weight is 332 g/mol. The summed E-state index contributed by atoms with van der Waals surface area (Å²) in [6.45, 7) is 2.18. The number of carbonyl (C=O) groups excluding carboxylic acids is 1. The molecule has 7 heteroatoms. The molecular weight excluding hydrogens is 312 g/mol. The minimum atomic E-state index is -0.497. The van der Waals surface area contributed by atoms with Gasteiger partial charge in [-0.05, 0) is 30.9 Å². The van der Waals surface area contributed by atoms with Crippen LogP contribution in [0.4, 0.5) is 5.69 Å². The number of hydrogen-bond donors (Lipinski definition) is 1. The van der Waals surface area contributed by atoms with E-state index in [2.05, 4.69) is 12.2 Å². The summed E-state index contributed by atoms with van der Waals surface area (Å²) < 4.78 is 10.4. The lowest BCUT2D eigenvalue weighted by atomic mass is 9.86. The van der Waals surface area contributed by atoms with E-state index < -0.39 is 4.92 Å². The van der Waals surface area contributed by atoms with Gasteiger partial charge in [-0.25, -0.2) is 0 Å². The molecule has 1 fully saturated rings. The molecule has 128 valence electrons. The predicted octanol–water partition coefficient (Wildman–Crippen LogP) is 3.03. The van der Waals surface area contributed by atoms with Gasteiger partial charge in [-0.3, -0.25) is 14.9 Å². The van der Waals surface area contributed by atoms with Crippen LogP contribution < -0.4 is 14.8 Å². The number of nitrogens with one attached hydrogen (secondary N) is 1. The van der Waals surface area contributed by atoms with E-state index in [9.17, 15) is 14.9 Å². The third-order valence-electron chi connectivity index (χ3n) is 4.57. The number of hydrogen-bond acceptors (Lipinski definition) is 5. The molecule has 0 unspecified atom stereocenters. The molecule has 1 aromatic carbocycles. The Kier molecular flexibility index (Phi) is 4.69. The van der Waals surface area contributed by atoms with Crippen molar-refractivity contribution >= 4 is 17.7 Å². The van der Waals surface area contributed by atoms with Gasteiger partial charge in [0.1, 0.15) is 0 Å². The van der Waals surface area contributed by atoms with Gasteiger partial charge in [0.15, 0.2) is 11.5 Å². The molecule has 1 aromatic rings. The monoisotopic (exact) mass is 332 g/mol. The molecule has 7 nitrogen and oxygen atoms in total. The number of fused-ring (bicyclic) bond motifs is 1. The number of benzene rings is 1. The quantitative estimate of drug-likeness (QED) is 0.520. The highest BCUT2D eigenvalue weighted by Gasteiger charge is 2.23. The van der Waals surface area contributed by atoms with Gasteiger partial charge in [-0.1, -0.05) is 19.8 Å². The highest BCUT2D eigenvalue weighted by molar-refractivity contribution is 5.92. The number of amides is 1. The Morgan fingerprint density at radius 2 is 2.00 bits per heavy atom. The molecule has 2 atom stereocenters. The Hall–Kier alpha value is -2.57. The first-order chi connectivity index (χ1) is 11.5. The summed E-state index contributed by atoms with van der Waals surface area (Å²) in [6, 6.07) is 3.01. The second-order valence-corrected chi connectivity index (χ2v) is 6.23. The van der Waals surface area contributed by atoms with Crippen LogP contribution in [0.5, 0.6) is 11.5 Å². The second kappa shape index (κ2) is 6.90. The maximum atomic E-state index is 12.1. The third-order valence-corrected chi connectivity index (χ3v) is 4.57. The maximum absolute atomic E-state index is 12.1. The summed E-state index contributed by atoms with van der Waals surface area (Å²) in [5.74, 6) is 1.01. The van der Waals surface area contributed by atoms with Crippen LogP contribution in [0.25, 0.3) is 6.08 Å². The Labute approximate surface area is 139 Å². The summed E-state index contributed by atoms with van der Waals surface area (Å²) >= 11 is 0. The van der Waals surface area contributed by atoms with Crippen molar-refractivity contribution in [3.05, 3.63) is 33.9 Å². The average Bonchev–Trinajstić information content (AvgIpc) is 3.01. The molecule has 0 saturated heterocycles. The fourth-order valence-electron chi connectivity index (χ4n) is 3.17. The van der Waals surface area contributed by atoms with Crippen molar-refractivity contribution in [1.29, 1.82) is 0 Å². The summed E-state index contributed by atoms with van der Waals surface area (Å²) in [5.41, 5.74) is 0.199. The van der Waals surface area contributed by atoms with Crippen LogP contribution >= 0.6 is 0 Å². The van der Waals surface area contributed by atoms with Crippen LogP contribution in [-0.4, -0.2) is 23.7 Å². The number of nitrogens with zero attached hydrogens (tertiary/aromatic N) is 1. The van der Waals surface area contributed by atoms with E-state index in [0.29, 0.717) is 23.0 Å². The smallest absolute Gasteiger partial charge is 0.280 e. The first kappa shape index (κ1) is 16.3. The Balaban J connectivity index is 1.73. The lowest BCUT2D eigenvalue weighted by Gasteiger charge is -2.29. The van der Waals surface area contributed by atoms with E-state index in [4.69, 9.17) is 9.47 Å². The lowest BCUT2D eigenvalue weighted by Crippen LogP contribution is -2.40. The summed E-state index contributed by atoms with van der Waals surface area (Å²) in [7, 11) is 0. The standard InChI is InChI=1S/C17H20N2O5/c1-11-4-2-3-5-13(11)18-17(20)7-6-12-8-15-16(24-10-23-15)9-14(12)19(21)22/h6-9,11,13H,2-5,10H2,1H3,(H,18,20)/b7-6+/t11-,13-/m0/s1. The highest BCUT2D eigenvalue weighted by atomic mass is 16.7. The summed E-state index contributed by atoms with van der Waals surface area (Å²) in [5, 5.41) is 14.2. The van der Waals surface area contributed by atoms with Crippen LogP contribution in [0, 0.1) is 16.0 Å². The van der Waals surface area contributed by atoms with Gasteiger partial charge in [0.05, 0.1) is 16.6 Å². The predicted molar refractivity (Wildman–Crippen MR) is 87.8 cm³/mol. The SMILES string of the molecule is C[C@H]1CCCC[C@@H]1NC(=O)/C=C/c1cc2c(cc1[N+](=O)[O-])OCO2. The van der Waals surface area contributed by atoms with Gasteiger partial charge in [0, 0.05) is 12.1 Å². The van der Waals surface area contributed by atoms with Gasteiger partial charge in [-0.15, -0.1) is 0 Å². The second-order valence-electron chi connectivity index (χ2n) is 6.23. The van der Waals surface area contributed by atoms with Gasteiger partial charge in [0.2, 0.25) is 12.7 Å². The molecule has 0 bridgehead atoms. The minimum absolute atomic E-state index is 0.0414. The summed E-state index contributed by atoms with van der Waals surface area (Å²) in [6.07, 6.45) is 7.20. The molecule has 3 rings (SSSR count). The van der Waals surface area contributed by atoms with Crippen molar-refractivity contribution in [3.8, 4) is 11.5 Å². The molecule has 1 N–H and O–H groups in total. The molecule has 24 heavy (non-hydrogen) atoms. The summed E-state index contributed by atoms with van der Waals surface area (Å²) in [4.78, 5) is 22.8. The molecule has 0 spiro atoms. The van der Waals surface area contributed by atoms with E-state index in [1.165, 1.54) is 30.7 Å². The van der Waals surface area contributed by atoms with Crippen LogP contribution in [0.15, 0.2) is 18.2 Å².